The zero-order valence-corrected chi connectivity index (χ0v) is 8.15. The Morgan fingerprint density at radius 2 is 2.23 bits per heavy atom. The predicted octanol–water partition coefficient (Wildman–Crippen LogP) is 2.06. The summed E-state index contributed by atoms with van der Waals surface area (Å²) in [6, 6.07) is 6.01. The van der Waals surface area contributed by atoms with Gasteiger partial charge in [-0.2, -0.15) is 0 Å². The zero-order valence-electron chi connectivity index (χ0n) is 6.57. The average Bonchev–Trinajstić information content (AvgIpc) is 2.03. The molecule has 4 nitrogen and oxygen atoms in total. The molecule has 0 spiro atoms. The van der Waals surface area contributed by atoms with Crippen LogP contribution >= 0.6 is 15.9 Å². The van der Waals surface area contributed by atoms with Crippen molar-refractivity contribution in [2.45, 2.75) is 6.42 Å². The van der Waals surface area contributed by atoms with E-state index in [0.717, 1.165) is 0 Å². The Morgan fingerprint density at radius 3 is 2.77 bits per heavy atom. The molecule has 0 aliphatic rings. The largest absolute Gasteiger partial charge is 0.286 e. The first-order chi connectivity index (χ1) is 6.09. The number of hydrogen-bond donors (Lipinski definition) is 0. The minimum absolute atomic E-state index is 0.00579. The van der Waals surface area contributed by atoms with Crippen LogP contribution in [0, 0.1) is 10.1 Å². The molecule has 1 aromatic rings. The van der Waals surface area contributed by atoms with E-state index in [0.29, 0.717) is 5.56 Å². The van der Waals surface area contributed by atoms with Crippen LogP contribution in [0.4, 0.5) is 5.69 Å². The Balaban J connectivity index is 2.91. The molecule has 0 aliphatic heterocycles. The van der Waals surface area contributed by atoms with Crippen LogP contribution in [0.25, 0.3) is 0 Å². The average molecular weight is 244 g/mol. The summed E-state index contributed by atoms with van der Waals surface area (Å²) in [6.45, 7) is 0. The summed E-state index contributed by atoms with van der Waals surface area (Å²) in [7, 11) is 0. The van der Waals surface area contributed by atoms with E-state index in [-0.39, 0.29) is 16.8 Å². The predicted molar refractivity (Wildman–Crippen MR) is 50.7 cm³/mol. The van der Waals surface area contributed by atoms with Crippen molar-refractivity contribution in [1.82, 2.24) is 0 Å². The number of halogens is 1. The van der Waals surface area contributed by atoms with Gasteiger partial charge < -0.3 is 0 Å². The summed E-state index contributed by atoms with van der Waals surface area (Å²) in [5.74, 6) is 0. The number of rotatable bonds is 3. The van der Waals surface area contributed by atoms with E-state index in [9.17, 15) is 14.9 Å². The minimum Gasteiger partial charge on any atom is -0.286 e. The number of nitrogens with zero attached hydrogens (tertiary/aromatic N) is 1. The highest BCUT2D eigenvalue weighted by atomic mass is 79.9. The lowest BCUT2D eigenvalue weighted by Crippen LogP contribution is -1.94. The second kappa shape index (κ2) is 4.13. The number of carbonyl (C=O) groups excluding carboxylic acids is 1. The first-order valence-corrected chi connectivity index (χ1v) is 4.30. The summed E-state index contributed by atoms with van der Waals surface area (Å²) < 4.78 is -0.187. The van der Waals surface area contributed by atoms with Gasteiger partial charge >= 0.3 is 0 Å². The number of carbonyl (C=O) groups is 1. The van der Waals surface area contributed by atoms with Crippen molar-refractivity contribution < 1.29 is 9.72 Å². The fourth-order valence-corrected chi connectivity index (χ4v) is 1.26. The normalized spacial score (nSPS) is 9.62. The first-order valence-electron chi connectivity index (χ1n) is 3.51. The van der Waals surface area contributed by atoms with Crippen molar-refractivity contribution in [2.24, 2.45) is 0 Å². The molecule has 0 saturated carbocycles. The third-order valence-corrected chi connectivity index (χ3v) is 1.74. The molecule has 68 valence electrons. The Kier molecular flexibility index (Phi) is 3.13. The van der Waals surface area contributed by atoms with Crippen LogP contribution in [0.3, 0.4) is 0 Å². The molecule has 0 fully saturated rings. The summed E-state index contributed by atoms with van der Waals surface area (Å²) in [5.41, 5.74) is 0.641. The van der Waals surface area contributed by atoms with Crippen molar-refractivity contribution in [1.29, 1.82) is 0 Å². The van der Waals surface area contributed by atoms with Crippen LogP contribution in [0.15, 0.2) is 24.3 Å². The van der Waals surface area contributed by atoms with Crippen molar-refractivity contribution in [3.8, 4) is 0 Å². The molecule has 0 unspecified atom stereocenters. The van der Waals surface area contributed by atoms with Gasteiger partial charge in [-0.25, -0.2) is 0 Å². The summed E-state index contributed by atoms with van der Waals surface area (Å²) in [6.07, 6.45) is 0.168. The molecule has 0 aromatic heterocycles. The molecule has 13 heavy (non-hydrogen) atoms. The standard InChI is InChI=1S/C8H6BrNO3/c9-8(11)5-6-2-1-3-7(4-6)10(12)13/h1-4H,5H2. The van der Waals surface area contributed by atoms with Crippen LogP contribution in [0.2, 0.25) is 0 Å². The van der Waals surface area contributed by atoms with Crippen LogP contribution in [0.5, 0.6) is 0 Å². The fraction of sp³-hybridized carbons (Fsp3) is 0.125. The number of nitro benzene ring substituents is 1. The number of nitro groups is 1. The minimum atomic E-state index is -0.484. The monoisotopic (exact) mass is 243 g/mol. The Hall–Kier alpha value is -1.23. The highest BCUT2D eigenvalue weighted by Gasteiger charge is 2.06. The lowest BCUT2D eigenvalue weighted by molar-refractivity contribution is -0.384. The van der Waals surface area contributed by atoms with Gasteiger partial charge in [-0.15, -0.1) is 0 Å². The molecular formula is C8H6BrNO3. The van der Waals surface area contributed by atoms with E-state index >= 15 is 0 Å². The van der Waals surface area contributed by atoms with Crippen LogP contribution in [-0.4, -0.2) is 9.62 Å². The van der Waals surface area contributed by atoms with Gasteiger partial charge in [0.2, 0.25) is 4.69 Å². The maximum absolute atomic E-state index is 10.6. The molecule has 1 rings (SSSR count). The van der Waals surface area contributed by atoms with E-state index in [4.69, 9.17) is 0 Å². The van der Waals surface area contributed by atoms with E-state index in [1.807, 2.05) is 0 Å². The number of benzene rings is 1. The maximum atomic E-state index is 10.6. The van der Waals surface area contributed by atoms with Crippen LogP contribution < -0.4 is 0 Å². The lowest BCUT2D eigenvalue weighted by atomic mass is 10.1. The molecule has 0 bridgehead atoms. The summed E-state index contributed by atoms with van der Waals surface area (Å²) in [5, 5.41) is 10.3. The van der Waals surface area contributed by atoms with Gasteiger partial charge in [0.1, 0.15) is 0 Å². The lowest BCUT2D eigenvalue weighted by Gasteiger charge is -1.95. The van der Waals surface area contributed by atoms with Gasteiger partial charge in [0.15, 0.2) is 0 Å². The summed E-state index contributed by atoms with van der Waals surface area (Å²) in [4.78, 5) is 20.5. The number of hydrogen-bond acceptors (Lipinski definition) is 3. The third-order valence-electron chi connectivity index (χ3n) is 1.46. The van der Waals surface area contributed by atoms with Crippen LogP contribution in [0.1, 0.15) is 5.56 Å². The van der Waals surface area contributed by atoms with Crippen molar-refractivity contribution in [3.63, 3.8) is 0 Å². The Labute approximate surface area is 82.8 Å². The highest BCUT2D eigenvalue weighted by molar-refractivity contribution is 9.18. The van der Waals surface area contributed by atoms with Crippen molar-refractivity contribution in [2.75, 3.05) is 0 Å². The third kappa shape index (κ3) is 2.95. The molecule has 0 atom stereocenters. The van der Waals surface area contributed by atoms with Gasteiger partial charge in [0, 0.05) is 18.6 Å². The quantitative estimate of drug-likeness (QED) is 0.464. The van der Waals surface area contributed by atoms with E-state index < -0.39 is 4.92 Å². The van der Waals surface area contributed by atoms with Gasteiger partial charge in [-0.3, -0.25) is 14.9 Å². The second-order valence-electron chi connectivity index (χ2n) is 2.46. The van der Waals surface area contributed by atoms with E-state index in [1.54, 1.807) is 12.1 Å². The molecule has 0 aliphatic carbocycles. The smallest absolute Gasteiger partial charge is 0.269 e. The van der Waals surface area contributed by atoms with Crippen molar-refractivity contribution >= 4 is 26.3 Å². The topological polar surface area (TPSA) is 60.2 Å². The first kappa shape index (κ1) is 9.85. The molecule has 1 aromatic carbocycles. The molecule has 5 heteroatoms. The maximum Gasteiger partial charge on any atom is 0.269 e. The van der Waals surface area contributed by atoms with Gasteiger partial charge in [-0.1, -0.05) is 12.1 Å². The zero-order chi connectivity index (χ0) is 9.84. The van der Waals surface area contributed by atoms with Crippen molar-refractivity contribution in [3.05, 3.63) is 39.9 Å². The van der Waals surface area contributed by atoms with Gasteiger partial charge in [-0.05, 0) is 21.5 Å². The molecule has 0 saturated heterocycles. The number of non-ortho nitro benzene ring substituents is 1. The summed E-state index contributed by atoms with van der Waals surface area (Å²) >= 11 is 2.76. The highest BCUT2D eigenvalue weighted by Crippen LogP contribution is 2.14. The SMILES string of the molecule is O=C(Br)Cc1cccc([N+](=O)[O-])c1. The molecule has 0 amide bonds. The van der Waals surface area contributed by atoms with Gasteiger partial charge in [0.25, 0.3) is 5.69 Å². The second-order valence-corrected chi connectivity index (χ2v) is 3.34. The Morgan fingerprint density at radius 1 is 1.54 bits per heavy atom. The molecule has 0 N–H and O–H groups in total. The molecule has 0 radical (unpaired) electrons. The Bertz CT molecular complexity index is 351. The van der Waals surface area contributed by atoms with E-state index in [1.165, 1.54) is 12.1 Å². The van der Waals surface area contributed by atoms with Gasteiger partial charge in [0.05, 0.1) is 4.92 Å². The van der Waals surface area contributed by atoms with E-state index in [2.05, 4.69) is 15.9 Å². The van der Waals surface area contributed by atoms with Crippen LogP contribution in [-0.2, 0) is 11.2 Å². The fourth-order valence-electron chi connectivity index (χ4n) is 0.940. The molecular weight excluding hydrogens is 238 g/mol. The molecule has 0 heterocycles.